The first kappa shape index (κ1) is 18.0. The number of aromatic nitrogens is 1. The number of piperidine rings is 1. The Morgan fingerprint density at radius 3 is 2.64 bits per heavy atom. The second-order valence-electron chi connectivity index (χ2n) is 6.58. The molecule has 1 atom stereocenters. The summed E-state index contributed by atoms with van der Waals surface area (Å²) in [4.78, 5) is 14.7. The summed E-state index contributed by atoms with van der Waals surface area (Å²) in [5.74, 6) is 0.545. The van der Waals surface area contributed by atoms with Gasteiger partial charge in [0.25, 0.3) is 0 Å². The number of nitrogens with one attached hydrogen (secondary N) is 1. The Kier molecular flexibility index (Phi) is 6.10. The number of amides is 1. The minimum absolute atomic E-state index is 0.0490. The van der Waals surface area contributed by atoms with E-state index in [4.69, 9.17) is 16.1 Å². The number of benzene rings is 1. The van der Waals surface area contributed by atoms with E-state index in [1.807, 2.05) is 31.2 Å². The van der Waals surface area contributed by atoms with E-state index in [1.54, 1.807) is 6.07 Å². The van der Waals surface area contributed by atoms with Gasteiger partial charge in [0.1, 0.15) is 5.76 Å². The van der Waals surface area contributed by atoms with Crippen LogP contribution in [-0.4, -0.2) is 35.6 Å². The van der Waals surface area contributed by atoms with Gasteiger partial charge >= 0.3 is 0 Å². The Hall–Kier alpha value is -1.85. The topological polar surface area (TPSA) is 58.4 Å². The van der Waals surface area contributed by atoms with Gasteiger partial charge in [-0.2, -0.15) is 0 Å². The summed E-state index contributed by atoms with van der Waals surface area (Å²) in [5, 5.41) is 7.60. The maximum atomic E-state index is 12.3. The van der Waals surface area contributed by atoms with Crippen molar-refractivity contribution in [3.63, 3.8) is 0 Å². The number of nitrogens with zero attached hydrogens (tertiary/aromatic N) is 2. The highest BCUT2D eigenvalue weighted by atomic mass is 35.5. The molecular formula is C19H24ClN3O2. The van der Waals surface area contributed by atoms with Gasteiger partial charge in [0.2, 0.25) is 5.91 Å². The van der Waals surface area contributed by atoms with E-state index in [0.717, 1.165) is 23.8 Å². The van der Waals surface area contributed by atoms with Gasteiger partial charge in [-0.1, -0.05) is 35.3 Å². The van der Waals surface area contributed by atoms with Crippen molar-refractivity contribution in [2.45, 2.75) is 38.6 Å². The van der Waals surface area contributed by atoms with E-state index < -0.39 is 0 Å². The van der Waals surface area contributed by atoms with E-state index >= 15 is 0 Å². The third-order valence-corrected chi connectivity index (χ3v) is 4.84. The summed E-state index contributed by atoms with van der Waals surface area (Å²) < 4.78 is 5.12. The van der Waals surface area contributed by atoms with Crippen LogP contribution < -0.4 is 5.32 Å². The number of carbonyl (C=O) groups excluding carboxylic acids is 1. The zero-order chi connectivity index (χ0) is 17.6. The molecule has 2 aromatic rings. The summed E-state index contributed by atoms with van der Waals surface area (Å²) in [7, 11) is 0. The van der Waals surface area contributed by atoms with Crippen molar-refractivity contribution in [2.75, 3.05) is 19.6 Å². The molecule has 1 N–H and O–H groups in total. The van der Waals surface area contributed by atoms with Crippen molar-refractivity contribution >= 4 is 17.5 Å². The Balaban J connectivity index is 1.64. The first-order valence-electron chi connectivity index (χ1n) is 8.80. The number of halogens is 1. The fraction of sp³-hybridized carbons (Fsp3) is 0.474. The zero-order valence-corrected chi connectivity index (χ0v) is 15.3. The molecule has 0 unspecified atom stereocenters. The van der Waals surface area contributed by atoms with Crippen molar-refractivity contribution in [3.05, 3.63) is 52.4 Å². The third-order valence-electron chi connectivity index (χ3n) is 4.59. The first-order valence-corrected chi connectivity index (χ1v) is 9.18. The number of carbonyl (C=O) groups is 1. The quantitative estimate of drug-likeness (QED) is 0.855. The molecule has 0 spiro atoms. The fourth-order valence-electron chi connectivity index (χ4n) is 3.30. The normalized spacial score (nSPS) is 16.6. The van der Waals surface area contributed by atoms with Crippen LogP contribution in [0.1, 0.15) is 42.3 Å². The van der Waals surface area contributed by atoms with Gasteiger partial charge in [0, 0.05) is 17.6 Å². The van der Waals surface area contributed by atoms with Crippen LogP contribution in [0, 0.1) is 6.92 Å². The van der Waals surface area contributed by atoms with Gasteiger partial charge in [-0.3, -0.25) is 9.69 Å². The smallest absolute Gasteiger partial charge is 0.227 e. The molecule has 3 rings (SSSR count). The molecule has 25 heavy (non-hydrogen) atoms. The number of hydrogen-bond acceptors (Lipinski definition) is 4. The third kappa shape index (κ3) is 5.06. The molecule has 1 aromatic heterocycles. The minimum Gasteiger partial charge on any atom is -0.361 e. The predicted octanol–water partition coefficient (Wildman–Crippen LogP) is 3.52. The molecule has 1 aliphatic rings. The number of rotatable bonds is 6. The lowest BCUT2D eigenvalue weighted by Gasteiger charge is -2.35. The van der Waals surface area contributed by atoms with Crippen LogP contribution in [0.5, 0.6) is 0 Å². The van der Waals surface area contributed by atoms with Gasteiger partial charge in [0.05, 0.1) is 18.2 Å². The number of likely N-dealkylation sites (tertiary alicyclic amines) is 1. The standard InChI is InChI=1S/C19H24ClN3O2/c1-14-11-17(25-22-14)12-19(24)21-13-18(23-9-3-2-4-10-23)15-5-7-16(20)8-6-15/h5-8,11,18H,2-4,9-10,12-13H2,1H3,(H,21,24)/t18-/m1/s1. The lowest BCUT2D eigenvalue weighted by molar-refractivity contribution is -0.121. The SMILES string of the molecule is Cc1cc(CC(=O)NC[C@H](c2ccc(Cl)cc2)N2CCCCC2)on1. The van der Waals surface area contributed by atoms with Crippen molar-refractivity contribution in [2.24, 2.45) is 0 Å². The van der Waals surface area contributed by atoms with Crippen LogP contribution in [0.3, 0.4) is 0 Å². The molecule has 1 fully saturated rings. The predicted molar refractivity (Wildman–Crippen MR) is 97.6 cm³/mol. The summed E-state index contributed by atoms with van der Waals surface area (Å²) in [5.41, 5.74) is 1.97. The molecule has 1 amide bonds. The molecule has 0 radical (unpaired) electrons. The maximum absolute atomic E-state index is 12.3. The van der Waals surface area contributed by atoms with Gasteiger partial charge in [-0.15, -0.1) is 0 Å². The summed E-state index contributed by atoms with van der Waals surface area (Å²) in [6.07, 6.45) is 3.90. The van der Waals surface area contributed by atoms with Crippen molar-refractivity contribution in [1.82, 2.24) is 15.4 Å². The van der Waals surface area contributed by atoms with E-state index in [-0.39, 0.29) is 18.4 Å². The lowest BCUT2D eigenvalue weighted by Crippen LogP contribution is -2.41. The second-order valence-corrected chi connectivity index (χ2v) is 7.02. The Morgan fingerprint density at radius 2 is 2.00 bits per heavy atom. The number of hydrogen-bond donors (Lipinski definition) is 1. The largest absolute Gasteiger partial charge is 0.361 e. The first-order chi connectivity index (χ1) is 12.1. The molecule has 2 heterocycles. The van der Waals surface area contributed by atoms with Gasteiger partial charge in [-0.05, 0) is 50.6 Å². The molecule has 1 aliphatic heterocycles. The van der Waals surface area contributed by atoms with Gasteiger partial charge in [0.15, 0.2) is 0 Å². The van der Waals surface area contributed by atoms with Crippen LogP contribution in [0.25, 0.3) is 0 Å². The van der Waals surface area contributed by atoms with E-state index in [2.05, 4.69) is 15.4 Å². The van der Waals surface area contributed by atoms with Crippen LogP contribution in [-0.2, 0) is 11.2 Å². The lowest BCUT2D eigenvalue weighted by atomic mass is 10.0. The van der Waals surface area contributed by atoms with Crippen molar-refractivity contribution in [3.8, 4) is 0 Å². The highest BCUT2D eigenvalue weighted by Gasteiger charge is 2.23. The molecule has 1 aromatic carbocycles. The number of aryl methyl sites for hydroxylation is 1. The summed E-state index contributed by atoms with van der Waals surface area (Å²) >= 11 is 6.02. The molecule has 0 bridgehead atoms. The molecule has 6 heteroatoms. The zero-order valence-electron chi connectivity index (χ0n) is 14.5. The fourth-order valence-corrected chi connectivity index (χ4v) is 3.43. The molecule has 134 valence electrons. The van der Waals surface area contributed by atoms with E-state index in [9.17, 15) is 4.79 Å². The van der Waals surface area contributed by atoms with Crippen LogP contribution in [0.2, 0.25) is 5.02 Å². The molecular weight excluding hydrogens is 338 g/mol. The average molecular weight is 362 g/mol. The monoisotopic (exact) mass is 361 g/mol. The van der Waals surface area contributed by atoms with Crippen molar-refractivity contribution in [1.29, 1.82) is 0 Å². The Morgan fingerprint density at radius 1 is 1.28 bits per heavy atom. The molecule has 0 saturated carbocycles. The second kappa shape index (κ2) is 8.50. The van der Waals surface area contributed by atoms with Gasteiger partial charge in [-0.25, -0.2) is 0 Å². The molecule has 1 saturated heterocycles. The highest BCUT2D eigenvalue weighted by Crippen LogP contribution is 2.25. The molecule has 0 aliphatic carbocycles. The molecule has 5 nitrogen and oxygen atoms in total. The average Bonchev–Trinajstić information content (AvgIpc) is 3.02. The van der Waals surface area contributed by atoms with Gasteiger partial charge < -0.3 is 9.84 Å². The van der Waals surface area contributed by atoms with Crippen molar-refractivity contribution < 1.29 is 9.32 Å². The van der Waals surface area contributed by atoms with Crippen LogP contribution in [0.4, 0.5) is 0 Å². The van der Waals surface area contributed by atoms with Crippen LogP contribution in [0.15, 0.2) is 34.9 Å². The van der Waals surface area contributed by atoms with E-state index in [0.29, 0.717) is 12.3 Å². The maximum Gasteiger partial charge on any atom is 0.227 e. The van der Waals surface area contributed by atoms with Crippen LogP contribution >= 0.6 is 11.6 Å². The summed E-state index contributed by atoms with van der Waals surface area (Å²) in [6.45, 7) is 4.54. The summed E-state index contributed by atoms with van der Waals surface area (Å²) in [6, 6.07) is 9.88. The Bertz CT molecular complexity index is 693. The highest BCUT2D eigenvalue weighted by molar-refractivity contribution is 6.30. The Labute approximate surface area is 153 Å². The minimum atomic E-state index is -0.0490. The van der Waals surface area contributed by atoms with E-state index in [1.165, 1.54) is 24.8 Å².